The Hall–Kier alpha value is -3.27. The van der Waals surface area contributed by atoms with Crippen molar-refractivity contribution in [1.29, 1.82) is 0 Å². The van der Waals surface area contributed by atoms with Gasteiger partial charge in [-0.15, -0.1) is 10.2 Å². The van der Waals surface area contributed by atoms with Crippen molar-refractivity contribution < 1.29 is 18.4 Å². The maximum absolute atomic E-state index is 13.7. The third-order valence-electron chi connectivity index (χ3n) is 4.32. The molecule has 0 bridgehead atoms. The van der Waals surface area contributed by atoms with Crippen LogP contribution in [0.3, 0.4) is 0 Å². The molecule has 0 fully saturated rings. The summed E-state index contributed by atoms with van der Waals surface area (Å²) in [4.78, 5) is 24.2. The molecule has 0 radical (unpaired) electrons. The highest BCUT2D eigenvalue weighted by Crippen LogP contribution is 2.18. The Bertz CT molecular complexity index is 1060. The van der Waals surface area contributed by atoms with E-state index < -0.39 is 11.7 Å². The van der Waals surface area contributed by atoms with E-state index in [0.29, 0.717) is 29.6 Å². The summed E-state index contributed by atoms with van der Waals surface area (Å²) in [6.45, 7) is 2.78. The predicted molar refractivity (Wildman–Crippen MR) is 114 cm³/mol. The number of nitrogens with zero attached hydrogens (tertiary/aromatic N) is 3. The zero-order valence-corrected chi connectivity index (χ0v) is 17.6. The molecule has 0 aliphatic heterocycles. The fraction of sp³-hybridized carbons (Fsp3) is 0.238. The van der Waals surface area contributed by atoms with Gasteiger partial charge >= 0.3 is 0 Å². The van der Waals surface area contributed by atoms with E-state index in [1.54, 1.807) is 6.07 Å². The zero-order chi connectivity index (χ0) is 22.2. The van der Waals surface area contributed by atoms with Crippen molar-refractivity contribution >= 4 is 29.3 Å². The van der Waals surface area contributed by atoms with Gasteiger partial charge in [0.2, 0.25) is 5.91 Å². The minimum atomic E-state index is -0.575. The Balaban J connectivity index is 1.51. The molecule has 2 N–H and O–H groups in total. The molecule has 2 aromatic carbocycles. The van der Waals surface area contributed by atoms with Crippen molar-refractivity contribution in [3.63, 3.8) is 0 Å². The second-order valence-electron chi connectivity index (χ2n) is 6.47. The Morgan fingerprint density at radius 2 is 1.81 bits per heavy atom. The van der Waals surface area contributed by atoms with Crippen molar-refractivity contribution in [1.82, 2.24) is 20.1 Å². The summed E-state index contributed by atoms with van der Waals surface area (Å²) in [5.41, 5.74) is 0.498. The second kappa shape index (κ2) is 10.7. The van der Waals surface area contributed by atoms with Crippen LogP contribution >= 0.6 is 11.8 Å². The van der Waals surface area contributed by atoms with E-state index in [-0.39, 0.29) is 29.6 Å². The first kappa shape index (κ1) is 22.4. The van der Waals surface area contributed by atoms with Gasteiger partial charge in [0.25, 0.3) is 5.91 Å². The molecule has 3 rings (SSSR count). The van der Waals surface area contributed by atoms with Gasteiger partial charge in [0, 0.05) is 25.2 Å². The van der Waals surface area contributed by atoms with Gasteiger partial charge in [0.15, 0.2) is 5.16 Å². The van der Waals surface area contributed by atoms with Crippen molar-refractivity contribution in [2.75, 3.05) is 17.6 Å². The molecule has 31 heavy (non-hydrogen) atoms. The molecule has 10 heteroatoms. The Labute approximate surface area is 182 Å². The fourth-order valence-electron chi connectivity index (χ4n) is 2.82. The summed E-state index contributed by atoms with van der Waals surface area (Å²) < 4.78 is 28.5. The first-order valence-electron chi connectivity index (χ1n) is 9.61. The summed E-state index contributed by atoms with van der Waals surface area (Å²) in [6.07, 6.45) is 0.406. The molecule has 2 amide bonds. The van der Waals surface area contributed by atoms with E-state index in [2.05, 4.69) is 20.8 Å². The highest BCUT2D eigenvalue weighted by molar-refractivity contribution is 7.99. The minimum absolute atomic E-state index is 0.0112. The first-order chi connectivity index (χ1) is 15.0. The molecule has 0 atom stereocenters. The molecule has 0 saturated carbocycles. The van der Waals surface area contributed by atoms with E-state index in [9.17, 15) is 18.4 Å². The lowest BCUT2D eigenvalue weighted by molar-refractivity contribution is -0.113. The Morgan fingerprint density at radius 1 is 1.06 bits per heavy atom. The summed E-state index contributed by atoms with van der Waals surface area (Å²) in [7, 11) is 0. The van der Waals surface area contributed by atoms with Crippen molar-refractivity contribution in [3.05, 3.63) is 71.6 Å². The van der Waals surface area contributed by atoms with Gasteiger partial charge in [-0.1, -0.05) is 23.9 Å². The largest absolute Gasteiger partial charge is 0.351 e. The molecule has 0 spiro atoms. The number of hydrogen-bond donors (Lipinski definition) is 2. The third-order valence-corrected chi connectivity index (χ3v) is 5.29. The van der Waals surface area contributed by atoms with Crippen molar-refractivity contribution in [2.24, 2.45) is 0 Å². The van der Waals surface area contributed by atoms with Gasteiger partial charge in [0.05, 0.1) is 11.3 Å². The Morgan fingerprint density at radius 3 is 2.52 bits per heavy atom. The van der Waals surface area contributed by atoms with E-state index >= 15 is 0 Å². The number of anilines is 1. The average molecular weight is 445 g/mol. The number of amides is 2. The highest BCUT2D eigenvalue weighted by atomic mass is 32.2. The number of halogens is 2. The van der Waals surface area contributed by atoms with Crippen LogP contribution in [-0.4, -0.2) is 38.9 Å². The van der Waals surface area contributed by atoms with Gasteiger partial charge < -0.3 is 15.2 Å². The summed E-state index contributed by atoms with van der Waals surface area (Å²) in [5, 5.41) is 14.2. The third kappa shape index (κ3) is 6.11. The topological polar surface area (TPSA) is 88.9 Å². The standard InChI is InChI=1S/C21H21F2N5O2S/c1-2-28-18(11-12-24-20(30)16-5-3-4-6-17(16)23)26-27-21(28)31-13-19(29)25-15-9-7-14(22)8-10-15/h3-10H,2,11-13H2,1H3,(H,24,30)(H,25,29). The Kier molecular flexibility index (Phi) is 7.71. The lowest BCUT2D eigenvalue weighted by Gasteiger charge is -2.09. The van der Waals surface area contributed by atoms with Gasteiger partial charge in [-0.2, -0.15) is 0 Å². The van der Waals surface area contributed by atoms with Crippen LogP contribution < -0.4 is 10.6 Å². The number of hydrogen-bond acceptors (Lipinski definition) is 5. The van der Waals surface area contributed by atoms with Crippen LogP contribution in [-0.2, 0) is 17.8 Å². The number of thioether (sulfide) groups is 1. The molecule has 0 unspecified atom stereocenters. The number of benzene rings is 2. The van der Waals surface area contributed by atoms with E-state index in [0.717, 1.165) is 0 Å². The van der Waals surface area contributed by atoms with Crippen LogP contribution in [0.1, 0.15) is 23.1 Å². The van der Waals surface area contributed by atoms with Gasteiger partial charge in [-0.25, -0.2) is 8.78 Å². The summed E-state index contributed by atoms with van der Waals surface area (Å²) >= 11 is 1.23. The maximum Gasteiger partial charge on any atom is 0.254 e. The first-order valence-corrected chi connectivity index (χ1v) is 10.6. The predicted octanol–water partition coefficient (Wildman–Crippen LogP) is 3.28. The molecule has 0 saturated heterocycles. The maximum atomic E-state index is 13.7. The second-order valence-corrected chi connectivity index (χ2v) is 7.42. The van der Waals surface area contributed by atoms with Crippen LogP contribution in [0.15, 0.2) is 53.7 Å². The zero-order valence-electron chi connectivity index (χ0n) is 16.8. The smallest absolute Gasteiger partial charge is 0.254 e. The average Bonchev–Trinajstić information content (AvgIpc) is 3.16. The summed E-state index contributed by atoms with van der Waals surface area (Å²) in [5.74, 6) is -0.929. The molecule has 0 aliphatic carbocycles. The number of carbonyl (C=O) groups is 2. The number of rotatable bonds is 9. The molecular weight excluding hydrogens is 424 g/mol. The van der Waals surface area contributed by atoms with Crippen molar-refractivity contribution in [3.8, 4) is 0 Å². The molecule has 7 nitrogen and oxygen atoms in total. The molecule has 0 aliphatic rings. The van der Waals surface area contributed by atoms with E-state index in [1.165, 1.54) is 54.2 Å². The molecule has 3 aromatic rings. The van der Waals surface area contributed by atoms with Crippen LogP contribution in [0.4, 0.5) is 14.5 Å². The fourth-order valence-corrected chi connectivity index (χ4v) is 3.64. The van der Waals surface area contributed by atoms with E-state index in [1.807, 2.05) is 11.5 Å². The summed E-state index contributed by atoms with van der Waals surface area (Å²) in [6, 6.07) is 11.3. The molecule has 162 valence electrons. The van der Waals surface area contributed by atoms with E-state index in [4.69, 9.17) is 0 Å². The number of carbonyl (C=O) groups excluding carboxylic acids is 2. The quantitative estimate of drug-likeness (QED) is 0.494. The lowest BCUT2D eigenvalue weighted by atomic mass is 10.2. The van der Waals surface area contributed by atoms with Gasteiger partial charge in [-0.3, -0.25) is 9.59 Å². The van der Waals surface area contributed by atoms with Gasteiger partial charge in [-0.05, 0) is 43.3 Å². The van der Waals surface area contributed by atoms with Crippen LogP contribution in [0.25, 0.3) is 0 Å². The van der Waals surface area contributed by atoms with Crippen LogP contribution in [0.2, 0.25) is 0 Å². The minimum Gasteiger partial charge on any atom is -0.351 e. The molecule has 1 aromatic heterocycles. The van der Waals surface area contributed by atoms with Crippen LogP contribution in [0, 0.1) is 11.6 Å². The van der Waals surface area contributed by atoms with Crippen LogP contribution in [0.5, 0.6) is 0 Å². The van der Waals surface area contributed by atoms with Crippen molar-refractivity contribution in [2.45, 2.75) is 25.0 Å². The molecule has 1 heterocycles. The monoisotopic (exact) mass is 445 g/mol. The lowest BCUT2D eigenvalue weighted by Crippen LogP contribution is -2.27. The normalized spacial score (nSPS) is 10.7. The van der Waals surface area contributed by atoms with Gasteiger partial charge in [0.1, 0.15) is 17.5 Å². The SMILES string of the molecule is CCn1c(CCNC(=O)c2ccccc2F)nnc1SCC(=O)Nc1ccc(F)cc1. The number of aromatic nitrogens is 3. The molecular formula is C21H21F2N5O2S. The number of nitrogens with one attached hydrogen (secondary N) is 2. The highest BCUT2D eigenvalue weighted by Gasteiger charge is 2.15.